The lowest BCUT2D eigenvalue weighted by molar-refractivity contribution is -0.150. The Bertz CT molecular complexity index is 283. The van der Waals surface area contributed by atoms with Gasteiger partial charge in [0.2, 0.25) is 0 Å². The van der Waals surface area contributed by atoms with Crippen molar-refractivity contribution in [2.75, 3.05) is 0 Å². The number of hydrogen-bond donors (Lipinski definition) is 1. The Morgan fingerprint density at radius 1 is 1.44 bits per heavy atom. The van der Waals surface area contributed by atoms with Crippen LogP contribution in [0.3, 0.4) is 0 Å². The number of aliphatic hydroxyl groups excluding tert-OH is 1. The van der Waals surface area contributed by atoms with Crippen LogP contribution in [0.15, 0.2) is 12.2 Å². The summed E-state index contributed by atoms with van der Waals surface area (Å²) in [5.74, 6) is -0.237. The second kappa shape index (κ2) is 6.43. The average Bonchev–Trinajstić information content (AvgIpc) is 2.15. The van der Waals surface area contributed by atoms with Gasteiger partial charge in [-0.15, -0.1) is 0 Å². The molecule has 90 valence electrons. The highest BCUT2D eigenvalue weighted by Crippen LogP contribution is 2.10. The summed E-state index contributed by atoms with van der Waals surface area (Å²) in [5.41, 5.74) is 0. The number of rotatable bonds is 0. The summed E-state index contributed by atoms with van der Waals surface area (Å²) in [6.07, 6.45) is 4.28. The third kappa shape index (κ3) is 5.07. The van der Waals surface area contributed by atoms with Gasteiger partial charge in [0.1, 0.15) is 5.78 Å². The van der Waals surface area contributed by atoms with Crippen LogP contribution in [-0.4, -0.2) is 29.1 Å². The topological polar surface area (TPSA) is 63.6 Å². The van der Waals surface area contributed by atoms with Gasteiger partial charge in [-0.05, 0) is 19.8 Å². The van der Waals surface area contributed by atoms with E-state index in [1.54, 1.807) is 13.0 Å². The second-order valence-electron chi connectivity index (χ2n) is 4.14. The fourth-order valence-corrected chi connectivity index (χ4v) is 1.62. The third-order valence-corrected chi connectivity index (χ3v) is 2.48. The Morgan fingerprint density at radius 3 is 2.94 bits per heavy atom. The number of allylic oxidation sites excluding steroid dienone is 1. The Kier molecular flexibility index (Phi) is 5.19. The van der Waals surface area contributed by atoms with Crippen molar-refractivity contribution in [2.45, 2.75) is 51.2 Å². The normalized spacial score (nSPS) is 29.1. The first-order chi connectivity index (χ1) is 7.58. The lowest BCUT2D eigenvalue weighted by Gasteiger charge is -2.14. The molecule has 1 aliphatic rings. The molecule has 0 aromatic rings. The van der Waals surface area contributed by atoms with E-state index < -0.39 is 12.1 Å². The molecule has 0 aromatic carbocycles. The van der Waals surface area contributed by atoms with Crippen LogP contribution in [0, 0.1) is 0 Å². The van der Waals surface area contributed by atoms with Crippen LogP contribution in [0.25, 0.3) is 0 Å². The quantitative estimate of drug-likeness (QED) is 0.500. The third-order valence-electron chi connectivity index (χ3n) is 2.48. The highest BCUT2D eigenvalue weighted by molar-refractivity contribution is 5.79. The monoisotopic (exact) mass is 226 g/mol. The number of hydrogen-bond acceptors (Lipinski definition) is 4. The number of carbonyl (C=O) groups excluding carboxylic acids is 2. The fraction of sp³-hybridized carbons (Fsp3) is 0.667. The molecule has 0 bridgehead atoms. The molecular weight excluding hydrogens is 208 g/mol. The van der Waals surface area contributed by atoms with Gasteiger partial charge in [-0.2, -0.15) is 0 Å². The molecule has 2 atom stereocenters. The summed E-state index contributed by atoms with van der Waals surface area (Å²) in [6, 6.07) is 0. The molecule has 0 fully saturated rings. The minimum absolute atomic E-state index is 0.0466. The number of esters is 1. The van der Waals surface area contributed by atoms with E-state index in [0.717, 1.165) is 6.42 Å². The lowest BCUT2D eigenvalue weighted by atomic mass is 10.1. The van der Waals surface area contributed by atoms with Gasteiger partial charge in [-0.25, -0.2) is 0 Å². The van der Waals surface area contributed by atoms with E-state index in [9.17, 15) is 14.7 Å². The van der Waals surface area contributed by atoms with Gasteiger partial charge in [0.05, 0.1) is 18.6 Å². The molecule has 1 N–H and O–H groups in total. The van der Waals surface area contributed by atoms with Crippen molar-refractivity contribution in [1.29, 1.82) is 0 Å². The Hall–Kier alpha value is -1.16. The first-order valence-electron chi connectivity index (χ1n) is 5.64. The van der Waals surface area contributed by atoms with Gasteiger partial charge < -0.3 is 9.84 Å². The molecule has 4 heteroatoms. The van der Waals surface area contributed by atoms with Crippen LogP contribution in [0.2, 0.25) is 0 Å². The molecule has 0 aromatic heterocycles. The predicted molar refractivity (Wildman–Crippen MR) is 58.8 cm³/mol. The number of ketones is 1. The van der Waals surface area contributed by atoms with E-state index in [1.807, 2.05) is 0 Å². The summed E-state index contributed by atoms with van der Waals surface area (Å²) >= 11 is 0. The van der Waals surface area contributed by atoms with Crippen molar-refractivity contribution in [2.24, 2.45) is 0 Å². The van der Waals surface area contributed by atoms with Gasteiger partial charge in [0, 0.05) is 12.8 Å². The summed E-state index contributed by atoms with van der Waals surface area (Å²) in [4.78, 5) is 22.6. The zero-order valence-electron chi connectivity index (χ0n) is 9.52. The van der Waals surface area contributed by atoms with Crippen molar-refractivity contribution in [3.63, 3.8) is 0 Å². The number of aliphatic hydroxyl groups is 1. The molecule has 0 radical (unpaired) electrons. The van der Waals surface area contributed by atoms with Crippen molar-refractivity contribution < 1.29 is 19.4 Å². The molecule has 1 heterocycles. The number of Topliss-reactive ketones (excluding diaryl/α,β-unsaturated/α-hetero) is 1. The van der Waals surface area contributed by atoms with Gasteiger partial charge in [0.15, 0.2) is 0 Å². The maximum absolute atomic E-state index is 11.3. The molecule has 0 spiro atoms. The molecule has 1 aliphatic heterocycles. The van der Waals surface area contributed by atoms with E-state index >= 15 is 0 Å². The van der Waals surface area contributed by atoms with Crippen molar-refractivity contribution in [3.05, 3.63) is 12.2 Å². The molecule has 0 aliphatic carbocycles. The Balaban J connectivity index is 2.58. The van der Waals surface area contributed by atoms with Gasteiger partial charge in [0.25, 0.3) is 0 Å². The van der Waals surface area contributed by atoms with Crippen LogP contribution in [-0.2, 0) is 14.3 Å². The smallest absolute Gasteiger partial charge is 0.309 e. The SMILES string of the molecule is C[C@@H]1CCCC(=O)CC=C[C@@H](O)CC(=O)O1. The number of carbonyl (C=O) groups is 2. The van der Waals surface area contributed by atoms with Gasteiger partial charge >= 0.3 is 5.97 Å². The number of cyclic esters (lactones) is 1. The van der Waals surface area contributed by atoms with Crippen molar-refractivity contribution in [3.8, 4) is 0 Å². The van der Waals surface area contributed by atoms with Gasteiger partial charge in [-0.1, -0.05) is 12.2 Å². The summed E-state index contributed by atoms with van der Waals surface area (Å²) in [7, 11) is 0. The minimum Gasteiger partial charge on any atom is -0.463 e. The summed E-state index contributed by atoms with van der Waals surface area (Å²) in [6.45, 7) is 1.80. The molecule has 16 heavy (non-hydrogen) atoms. The summed E-state index contributed by atoms with van der Waals surface area (Å²) < 4.78 is 5.08. The maximum atomic E-state index is 11.3. The molecule has 1 rings (SSSR count). The average molecular weight is 226 g/mol. The second-order valence-corrected chi connectivity index (χ2v) is 4.14. The zero-order valence-corrected chi connectivity index (χ0v) is 9.52. The Labute approximate surface area is 95.3 Å². The first kappa shape index (κ1) is 12.9. The lowest BCUT2D eigenvalue weighted by Crippen LogP contribution is -2.20. The van der Waals surface area contributed by atoms with E-state index in [1.165, 1.54) is 6.08 Å². The van der Waals surface area contributed by atoms with E-state index in [2.05, 4.69) is 0 Å². The van der Waals surface area contributed by atoms with E-state index in [4.69, 9.17) is 4.74 Å². The van der Waals surface area contributed by atoms with Gasteiger partial charge in [-0.3, -0.25) is 9.59 Å². The highest BCUT2D eigenvalue weighted by atomic mass is 16.5. The molecule has 0 saturated carbocycles. The molecule has 0 amide bonds. The van der Waals surface area contributed by atoms with Crippen LogP contribution in [0.4, 0.5) is 0 Å². The zero-order chi connectivity index (χ0) is 12.0. The Morgan fingerprint density at radius 2 is 2.19 bits per heavy atom. The van der Waals surface area contributed by atoms with Crippen LogP contribution >= 0.6 is 0 Å². The minimum atomic E-state index is -0.855. The molecule has 0 saturated heterocycles. The largest absolute Gasteiger partial charge is 0.463 e. The predicted octanol–water partition coefficient (Wildman–Crippen LogP) is 1.37. The highest BCUT2D eigenvalue weighted by Gasteiger charge is 2.14. The van der Waals surface area contributed by atoms with Crippen LogP contribution in [0.5, 0.6) is 0 Å². The molecule has 0 unspecified atom stereocenters. The standard InChI is InChI=1S/C12H18O4/c1-9-4-2-5-10(13)6-3-7-11(14)8-12(15)16-9/h3,7,9,11,14H,2,4-6,8H2,1H3/t9-,11-/m1/s1. The van der Waals surface area contributed by atoms with Crippen LogP contribution in [0.1, 0.15) is 39.0 Å². The van der Waals surface area contributed by atoms with Crippen molar-refractivity contribution >= 4 is 11.8 Å². The molecular formula is C12H18O4. The maximum Gasteiger partial charge on any atom is 0.309 e. The van der Waals surface area contributed by atoms with E-state index in [0.29, 0.717) is 19.3 Å². The summed E-state index contributed by atoms with van der Waals surface area (Å²) in [5, 5.41) is 9.44. The number of ether oxygens (including phenoxy) is 1. The fourth-order valence-electron chi connectivity index (χ4n) is 1.62. The van der Waals surface area contributed by atoms with Crippen LogP contribution < -0.4 is 0 Å². The first-order valence-corrected chi connectivity index (χ1v) is 5.64. The van der Waals surface area contributed by atoms with E-state index in [-0.39, 0.29) is 18.3 Å². The molecule has 4 nitrogen and oxygen atoms in total. The van der Waals surface area contributed by atoms with Crippen molar-refractivity contribution in [1.82, 2.24) is 0 Å².